The van der Waals surface area contributed by atoms with Crippen LogP contribution in [0.15, 0.2) is 24.3 Å². The Balaban J connectivity index is 2.00. The molecular weight excluding hydrogens is 264 g/mol. The van der Waals surface area contributed by atoms with Gasteiger partial charge >= 0.3 is 0 Å². The molecule has 5 nitrogen and oxygen atoms in total. The highest BCUT2D eigenvalue weighted by Gasteiger charge is 2.32. The molecule has 0 aromatic heterocycles. The molecule has 0 spiro atoms. The molecule has 2 rings (SSSR count). The van der Waals surface area contributed by atoms with Crippen molar-refractivity contribution >= 4 is 24.4 Å². The van der Waals surface area contributed by atoms with E-state index in [1.54, 1.807) is 24.3 Å². The molecule has 2 amide bonds. The lowest BCUT2D eigenvalue weighted by Gasteiger charge is -2.29. The van der Waals surface area contributed by atoms with Gasteiger partial charge in [0.1, 0.15) is 17.8 Å². The summed E-state index contributed by atoms with van der Waals surface area (Å²) in [6.45, 7) is 0. The highest BCUT2D eigenvalue weighted by atomic mass is 32.1. The quantitative estimate of drug-likeness (QED) is 0.597. The zero-order valence-electron chi connectivity index (χ0n) is 10.3. The molecule has 1 aliphatic heterocycles. The Morgan fingerprint density at radius 2 is 1.63 bits per heavy atom. The lowest BCUT2D eigenvalue weighted by Crippen LogP contribution is -2.62. The van der Waals surface area contributed by atoms with Gasteiger partial charge in [-0.2, -0.15) is 12.6 Å². The van der Waals surface area contributed by atoms with Crippen LogP contribution in [-0.4, -0.2) is 34.8 Å². The van der Waals surface area contributed by atoms with E-state index < -0.39 is 12.1 Å². The summed E-state index contributed by atoms with van der Waals surface area (Å²) in [5.41, 5.74) is 0.880. The van der Waals surface area contributed by atoms with Crippen LogP contribution < -0.4 is 10.6 Å². The fourth-order valence-electron chi connectivity index (χ4n) is 2.02. The molecule has 1 aromatic rings. The van der Waals surface area contributed by atoms with Crippen LogP contribution in [0.2, 0.25) is 0 Å². The SMILES string of the molecule is O=C1NC(Cc2ccc(O)cc2)C(=O)NC1CCS. The maximum Gasteiger partial charge on any atom is 0.243 e. The third-order valence-electron chi connectivity index (χ3n) is 3.06. The molecule has 1 aliphatic rings. The van der Waals surface area contributed by atoms with E-state index in [0.29, 0.717) is 18.6 Å². The molecule has 2 atom stereocenters. The summed E-state index contributed by atoms with van der Waals surface area (Å²) >= 11 is 4.06. The van der Waals surface area contributed by atoms with Gasteiger partial charge in [-0.25, -0.2) is 0 Å². The van der Waals surface area contributed by atoms with Crippen LogP contribution in [0.1, 0.15) is 12.0 Å². The maximum absolute atomic E-state index is 11.9. The number of phenolic OH excluding ortho intramolecular Hbond substituents is 1. The minimum atomic E-state index is -0.562. The van der Waals surface area contributed by atoms with E-state index in [-0.39, 0.29) is 17.6 Å². The van der Waals surface area contributed by atoms with E-state index in [1.165, 1.54) is 0 Å². The Morgan fingerprint density at radius 1 is 1.05 bits per heavy atom. The Labute approximate surface area is 116 Å². The van der Waals surface area contributed by atoms with Gasteiger partial charge in [0.25, 0.3) is 0 Å². The van der Waals surface area contributed by atoms with E-state index in [2.05, 4.69) is 23.3 Å². The summed E-state index contributed by atoms with van der Waals surface area (Å²) in [5.74, 6) is 0.368. The maximum atomic E-state index is 11.9. The number of carbonyl (C=O) groups excluding carboxylic acids is 2. The van der Waals surface area contributed by atoms with Crippen LogP contribution in [0.4, 0.5) is 0 Å². The smallest absolute Gasteiger partial charge is 0.243 e. The molecule has 3 N–H and O–H groups in total. The van der Waals surface area contributed by atoms with Gasteiger partial charge in [-0.3, -0.25) is 9.59 Å². The van der Waals surface area contributed by atoms with Crippen molar-refractivity contribution in [3.05, 3.63) is 29.8 Å². The molecule has 2 unspecified atom stereocenters. The molecule has 1 fully saturated rings. The number of nitrogens with one attached hydrogen (secondary N) is 2. The topological polar surface area (TPSA) is 78.4 Å². The average Bonchev–Trinajstić information content (AvgIpc) is 2.38. The zero-order valence-corrected chi connectivity index (χ0v) is 11.2. The number of hydrogen-bond acceptors (Lipinski definition) is 4. The van der Waals surface area contributed by atoms with Gasteiger partial charge in [-0.15, -0.1) is 0 Å². The highest BCUT2D eigenvalue weighted by molar-refractivity contribution is 7.80. The molecule has 19 heavy (non-hydrogen) atoms. The monoisotopic (exact) mass is 280 g/mol. The number of amides is 2. The fourth-order valence-corrected chi connectivity index (χ4v) is 2.28. The number of rotatable bonds is 4. The predicted octanol–water partition coefficient (Wildman–Crippen LogP) is 0.238. The minimum Gasteiger partial charge on any atom is -0.508 e. The van der Waals surface area contributed by atoms with Crippen molar-refractivity contribution in [3.8, 4) is 5.75 Å². The van der Waals surface area contributed by atoms with Crippen molar-refractivity contribution in [1.82, 2.24) is 10.6 Å². The van der Waals surface area contributed by atoms with E-state index in [0.717, 1.165) is 5.56 Å². The summed E-state index contributed by atoms with van der Waals surface area (Å²) in [6.07, 6.45) is 0.929. The normalized spacial score (nSPS) is 22.8. The molecule has 1 saturated heterocycles. The Kier molecular flexibility index (Phi) is 4.31. The Hall–Kier alpha value is -1.69. The Morgan fingerprint density at radius 3 is 2.26 bits per heavy atom. The van der Waals surface area contributed by atoms with Crippen molar-refractivity contribution in [1.29, 1.82) is 0 Å². The van der Waals surface area contributed by atoms with Crippen LogP contribution in [0.3, 0.4) is 0 Å². The van der Waals surface area contributed by atoms with Crippen molar-refractivity contribution < 1.29 is 14.7 Å². The molecular formula is C13H16N2O3S. The van der Waals surface area contributed by atoms with Gasteiger partial charge in [0.2, 0.25) is 11.8 Å². The minimum absolute atomic E-state index is 0.169. The molecule has 1 heterocycles. The van der Waals surface area contributed by atoms with Gasteiger partial charge in [0.15, 0.2) is 0 Å². The van der Waals surface area contributed by atoms with E-state index in [9.17, 15) is 14.7 Å². The summed E-state index contributed by atoms with van der Waals surface area (Å²) in [6, 6.07) is 5.53. The van der Waals surface area contributed by atoms with Gasteiger partial charge in [0.05, 0.1) is 0 Å². The number of carbonyl (C=O) groups is 2. The second kappa shape index (κ2) is 5.97. The number of aromatic hydroxyl groups is 1. The first-order valence-corrected chi connectivity index (χ1v) is 6.73. The summed E-state index contributed by atoms with van der Waals surface area (Å²) in [4.78, 5) is 23.7. The first-order valence-electron chi connectivity index (χ1n) is 6.09. The van der Waals surface area contributed by atoms with Crippen LogP contribution in [0, 0.1) is 0 Å². The number of benzene rings is 1. The first kappa shape index (κ1) is 13.7. The number of hydrogen-bond donors (Lipinski definition) is 4. The molecule has 0 aliphatic carbocycles. The van der Waals surface area contributed by atoms with Gasteiger partial charge in [-0.1, -0.05) is 12.1 Å². The van der Waals surface area contributed by atoms with Crippen molar-refractivity contribution in [2.75, 3.05) is 5.75 Å². The predicted molar refractivity (Wildman–Crippen MR) is 74.1 cm³/mol. The lowest BCUT2D eigenvalue weighted by molar-refractivity contribution is -0.136. The van der Waals surface area contributed by atoms with Crippen LogP contribution in [0.5, 0.6) is 5.75 Å². The van der Waals surface area contributed by atoms with Gasteiger partial charge in [0, 0.05) is 6.42 Å². The molecule has 0 bridgehead atoms. The highest BCUT2D eigenvalue weighted by Crippen LogP contribution is 2.13. The summed E-state index contributed by atoms with van der Waals surface area (Å²) in [7, 11) is 0. The third-order valence-corrected chi connectivity index (χ3v) is 3.32. The lowest BCUT2D eigenvalue weighted by atomic mass is 10.0. The van der Waals surface area contributed by atoms with Crippen LogP contribution in [-0.2, 0) is 16.0 Å². The van der Waals surface area contributed by atoms with Crippen molar-refractivity contribution in [2.45, 2.75) is 24.9 Å². The molecule has 102 valence electrons. The average molecular weight is 280 g/mol. The van der Waals surface area contributed by atoms with Gasteiger partial charge in [-0.05, 0) is 29.9 Å². The summed E-state index contributed by atoms with van der Waals surface area (Å²) in [5, 5.41) is 14.6. The van der Waals surface area contributed by atoms with Crippen molar-refractivity contribution in [3.63, 3.8) is 0 Å². The van der Waals surface area contributed by atoms with Crippen LogP contribution in [0.25, 0.3) is 0 Å². The molecule has 0 radical (unpaired) electrons. The fraction of sp³-hybridized carbons (Fsp3) is 0.385. The number of thiol groups is 1. The Bertz CT molecular complexity index is 475. The first-order chi connectivity index (χ1) is 9.10. The molecule has 1 aromatic carbocycles. The molecule has 0 saturated carbocycles. The van der Waals surface area contributed by atoms with E-state index >= 15 is 0 Å². The molecule has 6 heteroatoms. The van der Waals surface area contributed by atoms with E-state index in [1.807, 2.05) is 0 Å². The van der Waals surface area contributed by atoms with E-state index in [4.69, 9.17) is 0 Å². The largest absolute Gasteiger partial charge is 0.508 e. The van der Waals surface area contributed by atoms with Gasteiger partial charge < -0.3 is 15.7 Å². The zero-order chi connectivity index (χ0) is 13.8. The second-order valence-corrected chi connectivity index (χ2v) is 4.95. The van der Waals surface area contributed by atoms with Crippen molar-refractivity contribution in [2.24, 2.45) is 0 Å². The van der Waals surface area contributed by atoms with Crippen LogP contribution >= 0.6 is 12.6 Å². The summed E-state index contributed by atoms with van der Waals surface area (Å²) < 4.78 is 0. The third kappa shape index (κ3) is 3.41. The second-order valence-electron chi connectivity index (χ2n) is 4.51. The number of phenols is 1. The number of piperazine rings is 1. The standard InChI is InChI=1S/C13H16N2O3S/c16-9-3-1-8(2-4-9)7-11-13(18)14-10(5-6-19)12(17)15-11/h1-4,10-11,16,19H,5-7H2,(H,14,18)(H,15,17).